The van der Waals surface area contributed by atoms with Crippen molar-refractivity contribution in [2.24, 2.45) is 0 Å². The lowest BCUT2D eigenvalue weighted by molar-refractivity contribution is -0.132. The number of rotatable bonds is 6. The van der Waals surface area contributed by atoms with E-state index in [4.69, 9.17) is 0 Å². The number of para-hydroxylation sites is 1. The Morgan fingerprint density at radius 2 is 1.60 bits per heavy atom. The van der Waals surface area contributed by atoms with Gasteiger partial charge >= 0.3 is 0 Å². The predicted molar refractivity (Wildman–Crippen MR) is 158 cm³/mol. The number of carbonyl (C=O) groups is 2. The van der Waals surface area contributed by atoms with E-state index in [9.17, 15) is 14.0 Å². The number of fused-ring (bicyclic) bond motifs is 3. The van der Waals surface area contributed by atoms with Crippen LogP contribution in [-0.2, 0) is 22.7 Å². The Morgan fingerprint density at radius 3 is 2.35 bits per heavy atom. The monoisotopic (exact) mass is 542 g/mol. The summed E-state index contributed by atoms with van der Waals surface area (Å²) < 4.78 is 13.4. The molecule has 2 amide bonds. The normalized spacial score (nSPS) is 19.6. The van der Waals surface area contributed by atoms with Gasteiger partial charge in [-0.2, -0.15) is 0 Å². The molecule has 2 atom stereocenters. The van der Waals surface area contributed by atoms with Crippen molar-refractivity contribution < 1.29 is 14.0 Å². The second kappa shape index (κ2) is 12.6. The summed E-state index contributed by atoms with van der Waals surface area (Å²) in [6, 6.07) is 25.4. The lowest BCUT2D eigenvalue weighted by Gasteiger charge is -2.34. The molecule has 3 aromatic carbocycles. The Kier molecular flexibility index (Phi) is 8.80. The van der Waals surface area contributed by atoms with E-state index in [1.807, 2.05) is 52.1 Å². The fraction of sp³-hybridized carbons (Fsp3) is 0.394. The summed E-state index contributed by atoms with van der Waals surface area (Å²) in [6.45, 7) is 4.76. The summed E-state index contributed by atoms with van der Waals surface area (Å²) >= 11 is 0. The Bertz CT molecular complexity index is 1300. The third-order valence-corrected chi connectivity index (χ3v) is 8.40. The van der Waals surface area contributed by atoms with E-state index in [0.29, 0.717) is 38.6 Å². The highest BCUT2D eigenvalue weighted by atomic mass is 19.1. The van der Waals surface area contributed by atoms with Gasteiger partial charge in [0.2, 0.25) is 11.8 Å². The third kappa shape index (κ3) is 6.53. The molecule has 2 aliphatic heterocycles. The number of halogens is 1. The van der Waals surface area contributed by atoms with E-state index < -0.39 is 0 Å². The zero-order valence-electron chi connectivity index (χ0n) is 23.5. The van der Waals surface area contributed by atoms with Crippen LogP contribution in [0.3, 0.4) is 0 Å². The van der Waals surface area contributed by atoms with Crippen molar-refractivity contribution >= 4 is 23.2 Å². The predicted octanol–water partition coefficient (Wildman–Crippen LogP) is 5.47. The molecule has 2 bridgehead atoms. The number of anilines is 2. The molecule has 2 aliphatic rings. The molecular formula is C33H39FN4O2. The summed E-state index contributed by atoms with van der Waals surface area (Å²) in [7, 11) is 1.93. The molecule has 0 aromatic heterocycles. The van der Waals surface area contributed by atoms with Crippen LogP contribution in [0.2, 0.25) is 0 Å². The average Bonchev–Trinajstić information content (AvgIpc) is 3.31. The minimum absolute atomic E-state index is 0.0228. The second-order valence-corrected chi connectivity index (χ2v) is 11.1. The summed E-state index contributed by atoms with van der Waals surface area (Å²) in [5.41, 5.74) is 4.02. The minimum atomic E-state index is -0.273. The van der Waals surface area contributed by atoms with Gasteiger partial charge in [0.15, 0.2) is 0 Å². The van der Waals surface area contributed by atoms with Crippen LogP contribution < -0.4 is 9.80 Å². The molecule has 1 saturated heterocycles. The van der Waals surface area contributed by atoms with Crippen LogP contribution in [-0.4, -0.2) is 60.4 Å². The Hall–Kier alpha value is -3.71. The topological polar surface area (TPSA) is 47.1 Å². The van der Waals surface area contributed by atoms with Gasteiger partial charge in [-0.05, 0) is 60.7 Å². The SMILES string of the molecule is CC(=O)N1CC[C@@H]2CC[C@H](CN(C(=O)CCN(C)c3ccc(F)cc3)Cc3ccccc31)N2Cc1ccccc1. The highest BCUT2D eigenvalue weighted by Gasteiger charge is 2.36. The standard InChI is InChI=1S/C33H39FN4O2/c1-25(39)37-21-18-30-16-17-31(38(30)22-26-8-4-3-5-9-26)24-36(23-27-10-6-7-11-32(27)37)33(40)19-20-35(2)29-14-12-28(34)13-15-29/h3-15,30-31H,16-24H2,1-2H3/t30-,31+/m0/s1. The molecule has 0 N–H and O–H groups in total. The zero-order chi connectivity index (χ0) is 28.1. The van der Waals surface area contributed by atoms with Crippen LogP contribution in [0.1, 0.15) is 43.7 Å². The summed E-state index contributed by atoms with van der Waals surface area (Å²) in [6.07, 6.45) is 3.33. The smallest absolute Gasteiger partial charge is 0.224 e. The first-order valence-corrected chi connectivity index (χ1v) is 14.3. The molecule has 210 valence electrons. The number of hydrogen-bond donors (Lipinski definition) is 0. The van der Waals surface area contributed by atoms with Gasteiger partial charge in [-0.15, -0.1) is 0 Å². The minimum Gasteiger partial charge on any atom is -0.374 e. The van der Waals surface area contributed by atoms with E-state index in [0.717, 1.165) is 42.7 Å². The molecule has 0 spiro atoms. The van der Waals surface area contributed by atoms with Crippen LogP contribution in [0.15, 0.2) is 78.9 Å². The molecule has 0 aliphatic carbocycles. The maximum absolute atomic E-state index is 13.8. The van der Waals surface area contributed by atoms with Crippen molar-refractivity contribution in [1.82, 2.24) is 9.80 Å². The maximum atomic E-state index is 13.8. The van der Waals surface area contributed by atoms with E-state index in [-0.39, 0.29) is 23.7 Å². The van der Waals surface area contributed by atoms with E-state index in [2.05, 4.69) is 29.2 Å². The van der Waals surface area contributed by atoms with E-state index in [1.54, 1.807) is 19.1 Å². The summed E-state index contributed by atoms with van der Waals surface area (Å²) in [4.78, 5) is 35.1. The first-order valence-electron chi connectivity index (χ1n) is 14.3. The molecule has 2 heterocycles. The van der Waals surface area contributed by atoms with Gasteiger partial charge in [-0.1, -0.05) is 48.5 Å². The summed E-state index contributed by atoms with van der Waals surface area (Å²) in [5, 5.41) is 0. The Labute approximate surface area is 237 Å². The molecule has 3 aromatic rings. The first kappa shape index (κ1) is 27.8. The van der Waals surface area contributed by atoms with E-state index in [1.165, 1.54) is 17.7 Å². The van der Waals surface area contributed by atoms with E-state index >= 15 is 0 Å². The van der Waals surface area contributed by atoms with Crippen LogP contribution in [0.5, 0.6) is 0 Å². The molecule has 0 saturated carbocycles. The number of amides is 2. The average molecular weight is 543 g/mol. The fourth-order valence-electron chi connectivity index (χ4n) is 6.17. The first-order chi connectivity index (χ1) is 19.4. The highest BCUT2D eigenvalue weighted by Crippen LogP contribution is 2.32. The van der Waals surface area contributed by atoms with Gasteiger partial charge in [0.05, 0.1) is 0 Å². The quantitative estimate of drug-likeness (QED) is 0.415. The highest BCUT2D eigenvalue weighted by molar-refractivity contribution is 5.92. The van der Waals surface area contributed by atoms with Gasteiger partial charge in [0.1, 0.15) is 5.82 Å². The molecule has 0 unspecified atom stereocenters. The van der Waals surface area contributed by atoms with Crippen LogP contribution in [0.25, 0.3) is 0 Å². The van der Waals surface area contributed by atoms with Gasteiger partial charge in [0, 0.05) is 76.6 Å². The van der Waals surface area contributed by atoms with Crippen LogP contribution >= 0.6 is 0 Å². The Morgan fingerprint density at radius 1 is 0.900 bits per heavy atom. The molecule has 0 radical (unpaired) electrons. The Balaban J connectivity index is 1.41. The largest absolute Gasteiger partial charge is 0.374 e. The van der Waals surface area contributed by atoms with Crippen molar-refractivity contribution in [2.75, 3.05) is 36.5 Å². The molecular weight excluding hydrogens is 503 g/mol. The lowest BCUT2D eigenvalue weighted by Crippen LogP contribution is -2.45. The number of benzene rings is 3. The lowest BCUT2D eigenvalue weighted by atomic mass is 10.1. The van der Waals surface area contributed by atoms with Crippen LogP contribution in [0, 0.1) is 5.82 Å². The van der Waals surface area contributed by atoms with Crippen molar-refractivity contribution in [1.29, 1.82) is 0 Å². The van der Waals surface area contributed by atoms with Gasteiger partial charge in [0.25, 0.3) is 0 Å². The summed E-state index contributed by atoms with van der Waals surface area (Å²) in [5.74, 6) is -0.167. The number of carbonyl (C=O) groups excluding carboxylic acids is 2. The van der Waals surface area contributed by atoms with Crippen molar-refractivity contribution in [2.45, 2.75) is 57.8 Å². The number of nitrogens with zero attached hydrogens (tertiary/aromatic N) is 4. The second-order valence-electron chi connectivity index (χ2n) is 11.1. The van der Waals surface area contributed by atoms with Crippen molar-refractivity contribution in [3.8, 4) is 0 Å². The van der Waals surface area contributed by atoms with Gasteiger partial charge in [-0.3, -0.25) is 14.5 Å². The zero-order valence-corrected chi connectivity index (χ0v) is 23.5. The fourth-order valence-corrected chi connectivity index (χ4v) is 6.17. The number of hydrogen-bond acceptors (Lipinski definition) is 4. The van der Waals surface area contributed by atoms with Gasteiger partial charge in [-0.25, -0.2) is 4.39 Å². The maximum Gasteiger partial charge on any atom is 0.224 e. The molecule has 40 heavy (non-hydrogen) atoms. The van der Waals surface area contributed by atoms with Crippen molar-refractivity contribution in [3.05, 3.63) is 95.8 Å². The van der Waals surface area contributed by atoms with Crippen LogP contribution in [0.4, 0.5) is 15.8 Å². The molecule has 1 fully saturated rings. The molecule has 5 rings (SSSR count). The molecule has 6 nitrogen and oxygen atoms in total. The van der Waals surface area contributed by atoms with Crippen molar-refractivity contribution in [3.63, 3.8) is 0 Å². The molecule has 7 heteroatoms. The third-order valence-electron chi connectivity index (χ3n) is 8.40. The van der Waals surface area contributed by atoms with Gasteiger partial charge < -0.3 is 14.7 Å².